The lowest BCUT2D eigenvalue weighted by molar-refractivity contribution is -0.125. The maximum Gasteiger partial charge on any atom is 0.223 e. The normalized spacial score (nSPS) is 22.4. The molecule has 3 rings (SSSR count). The molecule has 2 fully saturated rings. The zero-order valence-electron chi connectivity index (χ0n) is 15.6. The van der Waals surface area contributed by atoms with Gasteiger partial charge in [-0.3, -0.25) is 9.69 Å². The summed E-state index contributed by atoms with van der Waals surface area (Å²) in [6.07, 6.45) is 2.63. The molecule has 1 amide bonds. The summed E-state index contributed by atoms with van der Waals surface area (Å²) < 4.78 is 11.3. The number of hydrogen-bond acceptors (Lipinski definition) is 5. The maximum absolute atomic E-state index is 12.3. The molecular weight excluding hydrogens is 389 g/mol. The van der Waals surface area contributed by atoms with Crippen LogP contribution in [0.1, 0.15) is 24.8 Å². The molecule has 1 aliphatic carbocycles. The number of amides is 1. The van der Waals surface area contributed by atoms with Gasteiger partial charge in [-0.15, -0.1) is 24.8 Å². The number of nitrogens with two attached hydrogens (primary N) is 1. The molecular formula is C19H31Cl2N3O3. The molecule has 3 N–H and O–H groups in total. The number of rotatable bonds is 7. The highest BCUT2D eigenvalue weighted by Gasteiger charge is 2.27. The van der Waals surface area contributed by atoms with Crippen LogP contribution in [0.15, 0.2) is 24.3 Å². The standard InChI is InChI=1S/C19H29N3O3.2ClH/c20-17-6-5-15(13-17)19(23)21-14-16-3-1-2-4-18(16)25-12-9-22-7-10-24-11-8-22;;/h1-4,15,17H,5-14,20H2,(H,21,23);2*1H. The number of carbonyl (C=O) groups is 1. The zero-order valence-corrected chi connectivity index (χ0v) is 17.2. The Bertz CT molecular complexity index is 571. The van der Waals surface area contributed by atoms with Crippen LogP contribution in [0.5, 0.6) is 5.75 Å². The SMILES string of the molecule is Cl.Cl.NC1CCC(C(=O)NCc2ccccc2OCCN2CCOCC2)C1. The lowest BCUT2D eigenvalue weighted by Crippen LogP contribution is -2.38. The van der Waals surface area contributed by atoms with Crippen LogP contribution < -0.4 is 15.8 Å². The van der Waals surface area contributed by atoms with Crippen molar-refractivity contribution in [3.63, 3.8) is 0 Å². The summed E-state index contributed by atoms with van der Waals surface area (Å²) in [5, 5.41) is 3.04. The fourth-order valence-electron chi connectivity index (χ4n) is 3.48. The van der Waals surface area contributed by atoms with Gasteiger partial charge in [0.2, 0.25) is 5.91 Å². The van der Waals surface area contributed by atoms with Crippen LogP contribution in [-0.2, 0) is 16.1 Å². The van der Waals surface area contributed by atoms with Crippen LogP contribution in [0.2, 0.25) is 0 Å². The third kappa shape index (κ3) is 7.47. The lowest BCUT2D eigenvalue weighted by Gasteiger charge is -2.26. The predicted molar refractivity (Wildman–Crippen MR) is 111 cm³/mol. The Hall–Kier alpha value is -1.05. The molecule has 0 radical (unpaired) electrons. The summed E-state index contributed by atoms with van der Waals surface area (Å²) >= 11 is 0. The average molecular weight is 420 g/mol. The summed E-state index contributed by atoms with van der Waals surface area (Å²) in [6, 6.07) is 8.08. The van der Waals surface area contributed by atoms with Crippen molar-refractivity contribution in [2.45, 2.75) is 31.8 Å². The minimum atomic E-state index is 0. The van der Waals surface area contributed by atoms with Gasteiger partial charge in [0.25, 0.3) is 0 Å². The lowest BCUT2D eigenvalue weighted by atomic mass is 10.1. The number of carbonyl (C=O) groups excluding carboxylic acids is 1. The van der Waals surface area contributed by atoms with Gasteiger partial charge in [0, 0.05) is 43.7 Å². The molecule has 154 valence electrons. The van der Waals surface area contributed by atoms with Gasteiger partial charge in [0.1, 0.15) is 12.4 Å². The summed E-state index contributed by atoms with van der Waals surface area (Å²) in [4.78, 5) is 14.6. The molecule has 1 aliphatic heterocycles. The Morgan fingerprint density at radius 2 is 1.96 bits per heavy atom. The van der Waals surface area contributed by atoms with Crippen molar-refractivity contribution in [3.05, 3.63) is 29.8 Å². The Balaban J connectivity index is 0.00000182. The van der Waals surface area contributed by atoms with Crippen LogP contribution in [-0.4, -0.2) is 56.3 Å². The van der Waals surface area contributed by atoms with Gasteiger partial charge in [0.15, 0.2) is 0 Å². The van der Waals surface area contributed by atoms with Crippen molar-refractivity contribution < 1.29 is 14.3 Å². The third-order valence-corrected chi connectivity index (χ3v) is 5.04. The third-order valence-electron chi connectivity index (χ3n) is 5.04. The summed E-state index contributed by atoms with van der Waals surface area (Å²) in [5.74, 6) is 1.01. The van der Waals surface area contributed by atoms with Crippen LogP contribution in [0.3, 0.4) is 0 Å². The van der Waals surface area contributed by atoms with Crippen molar-refractivity contribution in [2.24, 2.45) is 11.7 Å². The van der Waals surface area contributed by atoms with E-state index >= 15 is 0 Å². The van der Waals surface area contributed by atoms with E-state index in [-0.39, 0.29) is 42.7 Å². The monoisotopic (exact) mass is 419 g/mol. The number of para-hydroxylation sites is 1. The van der Waals surface area contributed by atoms with Gasteiger partial charge < -0.3 is 20.5 Å². The fraction of sp³-hybridized carbons (Fsp3) is 0.632. The second kappa shape index (κ2) is 12.4. The largest absolute Gasteiger partial charge is 0.492 e. The smallest absolute Gasteiger partial charge is 0.223 e. The van der Waals surface area contributed by atoms with Gasteiger partial charge >= 0.3 is 0 Å². The van der Waals surface area contributed by atoms with E-state index in [0.29, 0.717) is 13.2 Å². The van der Waals surface area contributed by atoms with Crippen molar-refractivity contribution in [2.75, 3.05) is 39.5 Å². The first-order valence-corrected chi connectivity index (χ1v) is 9.26. The summed E-state index contributed by atoms with van der Waals surface area (Å²) in [7, 11) is 0. The van der Waals surface area contributed by atoms with Gasteiger partial charge in [0.05, 0.1) is 13.2 Å². The fourth-order valence-corrected chi connectivity index (χ4v) is 3.48. The molecule has 1 saturated heterocycles. The second-order valence-corrected chi connectivity index (χ2v) is 6.90. The van der Waals surface area contributed by atoms with Crippen LogP contribution >= 0.6 is 24.8 Å². The highest BCUT2D eigenvalue weighted by atomic mass is 35.5. The topological polar surface area (TPSA) is 76.8 Å². The zero-order chi connectivity index (χ0) is 17.5. The van der Waals surface area contributed by atoms with Gasteiger partial charge in [-0.25, -0.2) is 0 Å². The van der Waals surface area contributed by atoms with E-state index < -0.39 is 0 Å². The molecule has 1 aromatic carbocycles. The first-order chi connectivity index (χ1) is 12.2. The van der Waals surface area contributed by atoms with E-state index in [0.717, 1.165) is 63.4 Å². The molecule has 27 heavy (non-hydrogen) atoms. The maximum atomic E-state index is 12.3. The minimum Gasteiger partial charge on any atom is -0.492 e. The molecule has 1 heterocycles. The second-order valence-electron chi connectivity index (χ2n) is 6.90. The van der Waals surface area contributed by atoms with E-state index in [2.05, 4.69) is 10.2 Å². The Morgan fingerprint density at radius 3 is 2.67 bits per heavy atom. The highest BCUT2D eigenvalue weighted by molar-refractivity contribution is 5.85. The Labute approximate surface area is 174 Å². The number of ether oxygens (including phenoxy) is 2. The number of halogens is 2. The van der Waals surface area contributed by atoms with Crippen molar-refractivity contribution in [3.8, 4) is 5.75 Å². The first kappa shape index (κ1) is 24.0. The van der Waals surface area contributed by atoms with Crippen molar-refractivity contribution in [1.29, 1.82) is 0 Å². The van der Waals surface area contributed by atoms with Gasteiger partial charge in [-0.1, -0.05) is 18.2 Å². The van der Waals surface area contributed by atoms with Crippen molar-refractivity contribution >= 4 is 30.7 Å². The Morgan fingerprint density at radius 1 is 1.22 bits per heavy atom. The minimum absolute atomic E-state index is 0. The van der Waals surface area contributed by atoms with E-state index in [1.165, 1.54) is 0 Å². The van der Waals surface area contributed by atoms with Crippen LogP contribution in [0, 0.1) is 5.92 Å². The molecule has 6 nitrogen and oxygen atoms in total. The predicted octanol–water partition coefficient (Wildman–Crippen LogP) is 1.98. The molecule has 2 unspecified atom stereocenters. The van der Waals surface area contributed by atoms with Crippen LogP contribution in [0.25, 0.3) is 0 Å². The molecule has 0 spiro atoms. The molecule has 0 bridgehead atoms. The number of morpholine rings is 1. The average Bonchev–Trinajstić information content (AvgIpc) is 3.08. The summed E-state index contributed by atoms with van der Waals surface area (Å²) in [6.45, 7) is 5.56. The molecule has 0 aromatic heterocycles. The number of nitrogens with zero attached hydrogens (tertiary/aromatic N) is 1. The van der Waals surface area contributed by atoms with Crippen molar-refractivity contribution in [1.82, 2.24) is 10.2 Å². The molecule has 1 aromatic rings. The number of hydrogen-bond donors (Lipinski definition) is 2. The highest BCUT2D eigenvalue weighted by Crippen LogP contribution is 2.24. The summed E-state index contributed by atoms with van der Waals surface area (Å²) in [5.41, 5.74) is 6.91. The van der Waals surface area contributed by atoms with Gasteiger partial charge in [-0.2, -0.15) is 0 Å². The molecule has 8 heteroatoms. The van der Waals surface area contributed by atoms with E-state index in [1.807, 2.05) is 24.3 Å². The quantitative estimate of drug-likeness (QED) is 0.706. The van der Waals surface area contributed by atoms with E-state index in [1.54, 1.807) is 0 Å². The first-order valence-electron chi connectivity index (χ1n) is 9.26. The van der Waals surface area contributed by atoms with Crippen LogP contribution in [0.4, 0.5) is 0 Å². The molecule has 2 atom stereocenters. The van der Waals surface area contributed by atoms with E-state index in [4.69, 9.17) is 15.2 Å². The van der Waals surface area contributed by atoms with E-state index in [9.17, 15) is 4.79 Å². The molecule has 2 aliphatic rings. The molecule has 1 saturated carbocycles. The Kier molecular flexibility index (Phi) is 11.0. The number of benzene rings is 1. The number of nitrogens with one attached hydrogen (secondary N) is 1. The van der Waals surface area contributed by atoms with Gasteiger partial charge in [-0.05, 0) is 25.3 Å².